The van der Waals surface area contributed by atoms with E-state index >= 15 is 0 Å². The lowest BCUT2D eigenvalue weighted by Gasteiger charge is -2.08. The summed E-state index contributed by atoms with van der Waals surface area (Å²) in [6.45, 7) is 3.43. The molecule has 0 amide bonds. The first kappa shape index (κ1) is 13.3. The largest absolute Gasteiger partial charge is 0.277 e. The summed E-state index contributed by atoms with van der Waals surface area (Å²) < 4.78 is 26.7. The summed E-state index contributed by atoms with van der Waals surface area (Å²) in [5.41, 5.74) is 0.928. The zero-order chi connectivity index (χ0) is 13.3. The van der Waals surface area contributed by atoms with E-state index < -0.39 is 10.0 Å². The fraction of sp³-hybridized carbons (Fsp3) is 0.200. The molecule has 0 fully saturated rings. The van der Waals surface area contributed by atoms with Crippen molar-refractivity contribution in [2.24, 2.45) is 0 Å². The number of thiazole rings is 1. The summed E-state index contributed by atoms with van der Waals surface area (Å²) >= 11 is 6.83. The Morgan fingerprint density at radius 3 is 2.61 bits per heavy atom. The van der Waals surface area contributed by atoms with Gasteiger partial charge in [0.1, 0.15) is 5.15 Å². The summed E-state index contributed by atoms with van der Waals surface area (Å²) in [4.78, 5) is 7.91. The highest BCUT2D eigenvalue weighted by molar-refractivity contribution is 7.94. The molecule has 0 aliphatic carbocycles. The molecule has 0 aliphatic heterocycles. The summed E-state index contributed by atoms with van der Waals surface area (Å²) in [6, 6.07) is 3.11. The lowest BCUT2D eigenvalue weighted by Crippen LogP contribution is -2.12. The minimum atomic E-state index is -3.60. The first-order chi connectivity index (χ1) is 8.38. The zero-order valence-electron chi connectivity index (χ0n) is 9.64. The Balaban J connectivity index is 2.33. The maximum absolute atomic E-state index is 12.1. The van der Waals surface area contributed by atoms with Gasteiger partial charge in [-0.1, -0.05) is 11.6 Å². The van der Waals surface area contributed by atoms with Crippen LogP contribution in [-0.4, -0.2) is 18.4 Å². The number of pyridine rings is 1. The number of hydrogen-bond donors (Lipinski definition) is 1. The molecule has 0 unspecified atom stereocenters. The third-order valence-corrected chi connectivity index (χ3v) is 5.11. The van der Waals surface area contributed by atoms with Gasteiger partial charge in [0.05, 0.1) is 22.6 Å². The number of nitrogens with one attached hydrogen (secondary N) is 1. The molecule has 0 saturated heterocycles. The van der Waals surface area contributed by atoms with Crippen LogP contribution in [0.4, 0.5) is 5.69 Å². The molecule has 0 spiro atoms. The molecule has 0 bridgehead atoms. The van der Waals surface area contributed by atoms with Crippen molar-refractivity contribution in [2.75, 3.05) is 4.72 Å². The first-order valence-electron chi connectivity index (χ1n) is 4.97. The van der Waals surface area contributed by atoms with Gasteiger partial charge in [0.15, 0.2) is 4.21 Å². The average molecular weight is 304 g/mol. The second-order valence-corrected chi connectivity index (χ2v) is 7.10. The van der Waals surface area contributed by atoms with Crippen LogP contribution >= 0.6 is 22.9 Å². The fourth-order valence-corrected chi connectivity index (χ4v) is 3.71. The summed E-state index contributed by atoms with van der Waals surface area (Å²) in [5.74, 6) is 0. The molecule has 0 aliphatic rings. The van der Waals surface area contributed by atoms with Crippen molar-refractivity contribution in [3.8, 4) is 0 Å². The van der Waals surface area contributed by atoms with E-state index in [-0.39, 0.29) is 4.21 Å². The Hall–Kier alpha value is -1.18. The second-order valence-electron chi connectivity index (χ2n) is 3.57. The molecule has 18 heavy (non-hydrogen) atoms. The number of halogens is 1. The third-order valence-electron chi connectivity index (χ3n) is 2.16. The number of aromatic nitrogens is 2. The van der Waals surface area contributed by atoms with E-state index in [1.165, 1.54) is 12.3 Å². The van der Waals surface area contributed by atoms with Crippen LogP contribution in [0.15, 0.2) is 22.5 Å². The Labute approximate surface area is 114 Å². The Bertz CT molecular complexity index is 682. The Morgan fingerprint density at radius 1 is 1.33 bits per heavy atom. The van der Waals surface area contributed by atoms with E-state index in [9.17, 15) is 8.42 Å². The molecule has 2 aromatic rings. The van der Waals surface area contributed by atoms with Crippen LogP contribution in [0.1, 0.15) is 10.7 Å². The summed E-state index contributed by atoms with van der Waals surface area (Å²) in [5, 5.41) is 1.02. The van der Waals surface area contributed by atoms with Gasteiger partial charge in [0, 0.05) is 0 Å². The Morgan fingerprint density at radius 2 is 2.06 bits per heavy atom. The van der Waals surface area contributed by atoms with Gasteiger partial charge in [-0.2, -0.15) is 0 Å². The van der Waals surface area contributed by atoms with Gasteiger partial charge in [0.25, 0.3) is 10.0 Å². The van der Waals surface area contributed by atoms with Gasteiger partial charge in [-0.05, 0) is 26.0 Å². The molecule has 0 aromatic carbocycles. The van der Waals surface area contributed by atoms with Crippen LogP contribution in [0, 0.1) is 13.8 Å². The van der Waals surface area contributed by atoms with Crippen molar-refractivity contribution in [3.63, 3.8) is 0 Å². The standard InChI is InChI=1S/C10H10ClN3O2S2/c1-6-8(3-4-9(11)13-6)14-18(15,16)10-5-12-7(2)17-10/h3-5,14H,1-2H3. The van der Waals surface area contributed by atoms with E-state index in [2.05, 4.69) is 14.7 Å². The molecule has 0 radical (unpaired) electrons. The van der Waals surface area contributed by atoms with Crippen LogP contribution < -0.4 is 4.72 Å². The van der Waals surface area contributed by atoms with E-state index in [4.69, 9.17) is 11.6 Å². The molecule has 5 nitrogen and oxygen atoms in total. The van der Waals surface area contributed by atoms with Gasteiger partial charge in [-0.15, -0.1) is 11.3 Å². The molecule has 2 aromatic heterocycles. The molecule has 8 heteroatoms. The lowest BCUT2D eigenvalue weighted by molar-refractivity contribution is 0.603. The minimum Gasteiger partial charge on any atom is -0.277 e. The number of sulfonamides is 1. The van der Waals surface area contributed by atoms with Crippen molar-refractivity contribution in [1.82, 2.24) is 9.97 Å². The molecule has 1 N–H and O–H groups in total. The summed E-state index contributed by atoms with van der Waals surface area (Å²) in [6.07, 6.45) is 1.33. The highest BCUT2D eigenvalue weighted by Gasteiger charge is 2.18. The van der Waals surface area contributed by atoms with Crippen LogP contribution in [0.25, 0.3) is 0 Å². The van der Waals surface area contributed by atoms with Crippen molar-refractivity contribution < 1.29 is 8.42 Å². The number of aryl methyl sites for hydroxylation is 2. The third kappa shape index (κ3) is 2.80. The van der Waals surface area contributed by atoms with Gasteiger partial charge >= 0.3 is 0 Å². The van der Waals surface area contributed by atoms with E-state index in [0.29, 0.717) is 21.5 Å². The van der Waals surface area contributed by atoms with Gasteiger partial charge in [0.2, 0.25) is 0 Å². The number of hydrogen-bond acceptors (Lipinski definition) is 5. The lowest BCUT2D eigenvalue weighted by atomic mass is 10.3. The van der Waals surface area contributed by atoms with Crippen LogP contribution in [0.2, 0.25) is 5.15 Å². The smallest absolute Gasteiger partial charge is 0.273 e. The molecular weight excluding hydrogens is 294 g/mol. The predicted molar refractivity (Wildman–Crippen MR) is 71.6 cm³/mol. The normalized spacial score (nSPS) is 11.5. The minimum absolute atomic E-state index is 0.175. The quantitative estimate of drug-likeness (QED) is 0.885. The highest BCUT2D eigenvalue weighted by Crippen LogP contribution is 2.23. The van der Waals surface area contributed by atoms with E-state index in [1.54, 1.807) is 19.9 Å². The van der Waals surface area contributed by atoms with Crippen LogP contribution in [-0.2, 0) is 10.0 Å². The van der Waals surface area contributed by atoms with Crippen molar-refractivity contribution in [3.05, 3.63) is 34.2 Å². The first-order valence-corrected chi connectivity index (χ1v) is 7.64. The molecule has 2 rings (SSSR count). The molecule has 2 heterocycles. The zero-order valence-corrected chi connectivity index (χ0v) is 12.0. The SMILES string of the molecule is Cc1ncc(S(=O)(=O)Nc2ccc(Cl)nc2C)s1. The maximum Gasteiger partial charge on any atom is 0.273 e. The van der Waals surface area contributed by atoms with Crippen molar-refractivity contribution in [1.29, 1.82) is 0 Å². The topological polar surface area (TPSA) is 72.0 Å². The second kappa shape index (κ2) is 4.83. The molecule has 0 atom stereocenters. The van der Waals surface area contributed by atoms with Gasteiger partial charge in [-0.3, -0.25) is 4.72 Å². The molecule has 96 valence electrons. The van der Waals surface area contributed by atoms with E-state index in [1.807, 2.05) is 0 Å². The molecular formula is C10H10ClN3O2S2. The van der Waals surface area contributed by atoms with Crippen LogP contribution in [0.3, 0.4) is 0 Å². The summed E-state index contributed by atoms with van der Waals surface area (Å²) in [7, 11) is -3.60. The van der Waals surface area contributed by atoms with E-state index in [0.717, 1.165) is 11.3 Å². The number of nitrogens with zero attached hydrogens (tertiary/aromatic N) is 2. The number of anilines is 1. The van der Waals surface area contributed by atoms with Crippen molar-refractivity contribution in [2.45, 2.75) is 18.1 Å². The van der Waals surface area contributed by atoms with Gasteiger partial charge in [-0.25, -0.2) is 18.4 Å². The predicted octanol–water partition coefficient (Wildman–Crippen LogP) is 2.61. The highest BCUT2D eigenvalue weighted by atomic mass is 35.5. The van der Waals surface area contributed by atoms with Crippen LogP contribution in [0.5, 0.6) is 0 Å². The maximum atomic E-state index is 12.1. The van der Waals surface area contributed by atoms with Crippen molar-refractivity contribution >= 4 is 38.6 Å². The molecule has 0 saturated carbocycles. The number of rotatable bonds is 3. The monoisotopic (exact) mass is 303 g/mol. The average Bonchev–Trinajstić information content (AvgIpc) is 2.70. The van der Waals surface area contributed by atoms with Gasteiger partial charge < -0.3 is 0 Å². The Kier molecular flexibility index (Phi) is 3.56. The fourth-order valence-electron chi connectivity index (χ4n) is 1.30.